The van der Waals surface area contributed by atoms with Crippen LogP contribution < -0.4 is 5.32 Å². The van der Waals surface area contributed by atoms with Gasteiger partial charge < -0.3 is 10.1 Å². The molecular formula is C10H16N4O2. The fourth-order valence-corrected chi connectivity index (χ4v) is 1.82. The fraction of sp³-hybridized carbons (Fsp3) is 0.700. The van der Waals surface area contributed by atoms with E-state index in [0.29, 0.717) is 12.6 Å². The molecule has 0 saturated carbocycles. The Morgan fingerprint density at radius 3 is 3.31 bits per heavy atom. The molecular weight excluding hydrogens is 208 g/mol. The molecule has 0 spiro atoms. The summed E-state index contributed by atoms with van der Waals surface area (Å²) in [5.74, 6) is -0.409. The number of carbonyl (C=O) groups excluding carboxylic acids is 1. The molecule has 1 aromatic heterocycles. The lowest BCUT2D eigenvalue weighted by Gasteiger charge is -2.08. The van der Waals surface area contributed by atoms with Crippen molar-refractivity contribution in [1.82, 2.24) is 20.3 Å². The molecule has 0 bridgehead atoms. The Morgan fingerprint density at radius 1 is 1.75 bits per heavy atom. The molecule has 1 aliphatic rings. The van der Waals surface area contributed by atoms with E-state index < -0.39 is 5.97 Å². The minimum absolute atomic E-state index is 0.278. The highest BCUT2D eigenvalue weighted by molar-refractivity contribution is 5.86. The van der Waals surface area contributed by atoms with Crippen molar-refractivity contribution in [1.29, 1.82) is 0 Å². The summed E-state index contributed by atoms with van der Waals surface area (Å²) in [7, 11) is 0. The van der Waals surface area contributed by atoms with Gasteiger partial charge in [-0.15, -0.1) is 5.10 Å². The molecule has 16 heavy (non-hydrogen) atoms. The Kier molecular flexibility index (Phi) is 3.51. The normalized spacial score (nSPS) is 19.9. The third-order valence-corrected chi connectivity index (χ3v) is 2.59. The molecule has 6 heteroatoms. The van der Waals surface area contributed by atoms with Crippen LogP contribution in [0.1, 0.15) is 30.3 Å². The lowest BCUT2D eigenvalue weighted by Crippen LogP contribution is -2.26. The third-order valence-electron chi connectivity index (χ3n) is 2.59. The second-order valence-electron chi connectivity index (χ2n) is 3.84. The number of esters is 1. The summed E-state index contributed by atoms with van der Waals surface area (Å²) in [6, 6.07) is 0.441. The van der Waals surface area contributed by atoms with Crippen LogP contribution in [0.5, 0.6) is 0 Å². The highest BCUT2D eigenvalue weighted by atomic mass is 16.5. The van der Waals surface area contributed by atoms with Crippen molar-refractivity contribution in [3.63, 3.8) is 0 Å². The minimum Gasteiger partial charge on any atom is -0.461 e. The molecule has 0 aliphatic carbocycles. The van der Waals surface area contributed by atoms with Crippen LogP contribution in [0, 0.1) is 0 Å². The van der Waals surface area contributed by atoms with Crippen LogP contribution in [0.15, 0.2) is 6.20 Å². The van der Waals surface area contributed by atoms with Gasteiger partial charge in [-0.2, -0.15) is 0 Å². The zero-order valence-electron chi connectivity index (χ0n) is 9.35. The molecule has 2 heterocycles. The van der Waals surface area contributed by atoms with Crippen molar-refractivity contribution in [3.8, 4) is 0 Å². The van der Waals surface area contributed by atoms with Crippen LogP contribution >= 0.6 is 0 Å². The molecule has 6 nitrogen and oxygen atoms in total. The summed E-state index contributed by atoms with van der Waals surface area (Å²) in [4.78, 5) is 11.3. The molecule has 1 aliphatic heterocycles. The Labute approximate surface area is 94.0 Å². The van der Waals surface area contributed by atoms with E-state index in [0.717, 1.165) is 19.5 Å². The van der Waals surface area contributed by atoms with Crippen LogP contribution in [-0.4, -0.2) is 40.2 Å². The number of carbonyl (C=O) groups is 1. The maximum absolute atomic E-state index is 11.3. The number of nitrogens with one attached hydrogen (secondary N) is 1. The SMILES string of the molecule is CCOC(=O)c1cn(C[C@@H]2CCCN2)nn1. The first-order valence-electron chi connectivity index (χ1n) is 5.60. The largest absolute Gasteiger partial charge is 0.461 e. The van der Waals surface area contributed by atoms with E-state index in [9.17, 15) is 4.79 Å². The summed E-state index contributed by atoms with van der Waals surface area (Å²) in [5, 5.41) is 11.1. The third kappa shape index (κ3) is 2.57. The smallest absolute Gasteiger partial charge is 0.360 e. The number of aromatic nitrogens is 3. The van der Waals surface area contributed by atoms with Gasteiger partial charge in [0.05, 0.1) is 19.3 Å². The highest BCUT2D eigenvalue weighted by Gasteiger charge is 2.17. The quantitative estimate of drug-likeness (QED) is 0.740. The Morgan fingerprint density at radius 2 is 2.62 bits per heavy atom. The molecule has 1 fully saturated rings. The van der Waals surface area contributed by atoms with Crippen LogP contribution in [0.25, 0.3) is 0 Å². The van der Waals surface area contributed by atoms with E-state index in [2.05, 4.69) is 15.6 Å². The van der Waals surface area contributed by atoms with Crippen molar-refractivity contribution in [3.05, 3.63) is 11.9 Å². The molecule has 0 amide bonds. The number of ether oxygens (including phenoxy) is 1. The van der Waals surface area contributed by atoms with Crippen molar-refractivity contribution in [2.75, 3.05) is 13.2 Å². The summed E-state index contributed by atoms with van der Waals surface area (Å²) in [6.07, 6.45) is 3.98. The van der Waals surface area contributed by atoms with Crippen LogP contribution in [0.2, 0.25) is 0 Å². The Bertz CT molecular complexity index is 357. The Balaban J connectivity index is 1.93. The van der Waals surface area contributed by atoms with Gasteiger partial charge >= 0.3 is 5.97 Å². The highest BCUT2D eigenvalue weighted by Crippen LogP contribution is 2.07. The van der Waals surface area contributed by atoms with Gasteiger partial charge in [0, 0.05) is 6.04 Å². The van der Waals surface area contributed by atoms with E-state index in [1.165, 1.54) is 6.42 Å². The summed E-state index contributed by atoms with van der Waals surface area (Å²) in [6.45, 7) is 3.94. The van der Waals surface area contributed by atoms with Crippen molar-refractivity contribution < 1.29 is 9.53 Å². The number of rotatable bonds is 4. The van der Waals surface area contributed by atoms with E-state index in [-0.39, 0.29) is 5.69 Å². The second-order valence-corrected chi connectivity index (χ2v) is 3.84. The van der Waals surface area contributed by atoms with E-state index in [1.54, 1.807) is 17.8 Å². The molecule has 1 saturated heterocycles. The number of hydrogen-bond acceptors (Lipinski definition) is 5. The molecule has 1 aromatic rings. The monoisotopic (exact) mass is 224 g/mol. The van der Waals surface area contributed by atoms with Crippen molar-refractivity contribution in [2.24, 2.45) is 0 Å². The standard InChI is InChI=1S/C10H16N4O2/c1-2-16-10(15)9-7-14(13-12-9)6-8-4-3-5-11-8/h7-8,11H,2-6H2,1H3/t8-/m0/s1. The topological polar surface area (TPSA) is 69.0 Å². The first kappa shape index (κ1) is 11.1. The zero-order valence-corrected chi connectivity index (χ0v) is 9.35. The predicted octanol–water partition coefficient (Wildman–Crippen LogP) is 0.207. The summed E-state index contributed by atoms with van der Waals surface area (Å²) >= 11 is 0. The molecule has 1 atom stereocenters. The van der Waals surface area contributed by atoms with Gasteiger partial charge in [0.25, 0.3) is 0 Å². The molecule has 1 N–H and O–H groups in total. The maximum Gasteiger partial charge on any atom is 0.360 e. The van der Waals surface area contributed by atoms with Gasteiger partial charge in [0.2, 0.25) is 0 Å². The maximum atomic E-state index is 11.3. The molecule has 2 rings (SSSR count). The Hall–Kier alpha value is -1.43. The van der Waals surface area contributed by atoms with E-state index >= 15 is 0 Å². The molecule has 0 aromatic carbocycles. The van der Waals surface area contributed by atoms with Crippen LogP contribution in [-0.2, 0) is 11.3 Å². The van der Waals surface area contributed by atoms with Gasteiger partial charge in [-0.3, -0.25) is 4.68 Å². The van der Waals surface area contributed by atoms with E-state index in [1.807, 2.05) is 0 Å². The van der Waals surface area contributed by atoms with Gasteiger partial charge in [0.15, 0.2) is 5.69 Å². The van der Waals surface area contributed by atoms with Crippen molar-refractivity contribution >= 4 is 5.97 Å². The molecule has 0 radical (unpaired) electrons. The second kappa shape index (κ2) is 5.07. The summed E-state index contributed by atoms with van der Waals surface area (Å²) < 4.78 is 6.53. The lowest BCUT2D eigenvalue weighted by molar-refractivity contribution is 0.0519. The van der Waals surface area contributed by atoms with E-state index in [4.69, 9.17) is 4.74 Å². The van der Waals surface area contributed by atoms with Gasteiger partial charge in [-0.05, 0) is 26.3 Å². The number of nitrogens with zero attached hydrogens (tertiary/aromatic N) is 3. The van der Waals surface area contributed by atoms with Crippen LogP contribution in [0.4, 0.5) is 0 Å². The van der Waals surface area contributed by atoms with Gasteiger partial charge in [-0.25, -0.2) is 4.79 Å². The fourth-order valence-electron chi connectivity index (χ4n) is 1.82. The summed E-state index contributed by atoms with van der Waals surface area (Å²) in [5.41, 5.74) is 0.278. The average Bonchev–Trinajstić information content (AvgIpc) is 2.90. The zero-order chi connectivity index (χ0) is 11.4. The molecule has 88 valence electrons. The first-order chi connectivity index (χ1) is 7.79. The number of hydrogen-bond donors (Lipinski definition) is 1. The minimum atomic E-state index is -0.409. The van der Waals surface area contributed by atoms with Crippen LogP contribution in [0.3, 0.4) is 0 Å². The van der Waals surface area contributed by atoms with Gasteiger partial charge in [-0.1, -0.05) is 5.21 Å². The molecule has 0 unspecified atom stereocenters. The van der Waals surface area contributed by atoms with Crippen molar-refractivity contribution in [2.45, 2.75) is 32.4 Å². The predicted molar refractivity (Wildman–Crippen MR) is 57.0 cm³/mol. The average molecular weight is 224 g/mol. The first-order valence-corrected chi connectivity index (χ1v) is 5.60. The lowest BCUT2D eigenvalue weighted by atomic mass is 10.2. The van der Waals surface area contributed by atoms with Gasteiger partial charge in [0.1, 0.15) is 0 Å².